The number of unbranched alkanes of at least 4 members (excludes halogenated alkanes) is 2. The second-order valence-electron chi connectivity index (χ2n) is 6.01. The molecule has 0 heterocycles. The Morgan fingerprint density at radius 2 is 1.67 bits per heavy atom. The maximum atomic E-state index is 10.6. The molecule has 0 amide bonds. The van der Waals surface area contributed by atoms with E-state index >= 15 is 0 Å². The average Bonchev–Trinajstić information content (AvgIpc) is 2.65. The molecule has 0 aliphatic carbocycles. The second kappa shape index (κ2) is 19.7. The van der Waals surface area contributed by atoms with Crippen LogP contribution in [-0.2, 0) is 19.1 Å². The summed E-state index contributed by atoms with van der Waals surface area (Å²) >= 11 is 0. The summed E-state index contributed by atoms with van der Waals surface area (Å²) in [5.74, 6) is 0.129. The van der Waals surface area contributed by atoms with Gasteiger partial charge in [0.2, 0.25) is 0 Å². The molecule has 4 heteroatoms. The fraction of sp³-hybridized carbons (Fsp3) is 0.391. The van der Waals surface area contributed by atoms with Crippen molar-refractivity contribution in [2.45, 2.75) is 46.5 Å². The number of carbonyl (C=O) groups excluding carboxylic acids is 2. The summed E-state index contributed by atoms with van der Waals surface area (Å²) < 4.78 is 9.01. The van der Waals surface area contributed by atoms with E-state index in [1.165, 1.54) is 31.4 Å². The van der Waals surface area contributed by atoms with E-state index in [1.54, 1.807) is 0 Å². The van der Waals surface area contributed by atoms with Crippen LogP contribution in [0, 0.1) is 5.92 Å². The predicted octanol–water partition coefficient (Wildman–Crippen LogP) is 5.95. The van der Waals surface area contributed by atoms with Gasteiger partial charge in [0.1, 0.15) is 0 Å². The molecule has 1 aromatic rings. The first kappa shape index (κ1) is 26.6. The first-order valence-electron chi connectivity index (χ1n) is 9.12. The number of carbonyl (C=O) groups is 2. The molecule has 0 bridgehead atoms. The van der Waals surface area contributed by atoms with Crippen molar-refractivity contribution in [3.63, 3.8) is 0 Å². The van der Waals surface area contributed by atoms with Crippen molar-refractivity contribution in [1.82, 2.24) is 0 Å². The van der Waals surface area contributed by atoms with E-state index in [4.69, 9.17) is 4.74 Å². The first-order chi connectivity index (χ1) is 12.9. The second-order valence-corrected chi connectivity index (χ2v) is 6.01. The summed E-state index contributed by atoms with van der Waals surface area (Å²) in [7, 11) is 0. The quantitative estimate of drug-likeness (QED) is 0.232. The van der Waals surface area contributed by atoms with Gasteiger partial charge in [-0.05, 0) is 17.9 Å². The van der Waals surface area contributed by atoms with Crippen LogP contribution in [0.3, 0.4) is 0 Å². The number of hydrogen-bond donors (Lipinski definition) is 0. The van der Waals surface area contributed by atoms with Gasteiger partial charge in [-0.2, -0.15) is 0 Å². The summed E-state index contributed by atoms with van der Waals surface area (Å²) in [4.78, 5) is 20.4. The molecule has 150 valence electrons. The molecule has 0 aliphatic heterocycles. The Morgan fingerprint density at radius 3 is 2.04 bits per heavy atom. The van der Waals surface area contributed by atoms with Gasteiger partial charge < -0.3 is 9.47 Å². The Bertz CT molecular complexity index is 533. The van der Waals surface area contributed by atoms with E-state index in [9.17, 15) is 9.59 Å². The molecule has 0 atom stereocenters. The summed E-state index contributed by atoms with van der Waals surface area (Å²) in [6, 6.07) is 10.0. The molecule has 0 spiro atoms. The van der Waals surface area contributed by atoms with Crippen molar-refractivity contribution in [2.24, 2.45) is 5.92 Å². The molecule has 0 aromatic heterocycles. The van der Waals surface area contributed by atoms with Crippen molar-refractivity contribution in [3.8, 4) is 0 Å². The lowest BCUT2D eigenvalue weighted by molar-refractivity contribution is -0.138. The van der Waals surface area contributed by atoms with Gasteiger partial charge in [-0.3, -0.25) is 4.79 Å². The number of benzene rings is 1. The third kappa shape index (κ3) is 23.4. The van der Waals surface area contributed by atoms with Gasteiger partial charge in [0.05, 0.1) is 12.9 Å². The smallest absolute Gasteiger partial charge is 0.330 e. The van der Waals surface area contributed by atoms with E-state index < -0.39 is 0 Å². The normalized spacial score (nSPS) is 8.89. The van der Waals surface area contributed by atoms with Crippen LogP contribution in [0.4, 0.5) is 0 Å². The molecule has 0 N–H and O–H groups in total. The van der Waals surface area contributed by atoms with Crippen LogP contribution in [0.2, 0.25) is 0 Å². The minimum Gasteiger partial charge on any atom is -0.463 e. The Balaban J connectivity index is 0. The molecule has 0 fully saturated rings. The third-order valence-electron chi connectivity index (χ3n) is 3.12. The Labute approximate surface area is 164 Å². The molecule has 27 heavy (non-hydrogen) atoms. The highest BCUT2D eigenvalue weighted by atomic mass is 16.5. The zero-order chi connectivity index (χ0) is 20.9. The van der Waals surface area contributed by atoms with Crippen LogP contribution >= 0.6 is 0 Å². The predicted molar refractivity (Wildman–Crippen MR) is 113 cm³/mol. The number of hydrogen-bond acceptors (Lipinski definition) is 4. The van der Waals surface area contributed by atoms with Crippen LogP contribution in [0.25, 0.3) is 6.08 Å². The number of esters is 2. The standard InChI is InChI=1S/C11H20O2.C8H8.C4H6O2/c1-4-11(12)13-9-7-5-6-8-10(2)3;1-2-8-6-4-3-5-7-8;1-3-6-4(2)5/h4,10H,1,5-9H2,2-3H3;2-7H,1H2;3H,1H2,2H3. The maximum Gasteiger partial charge on any atom is 0.330 e. The number of ether oxygens (including phenoxy) is 2. The summed E-state index contributed by atoms with van der Waals surface area (Å²) in [6.07, 6.45) is 8.73. The Morgan fingerprint density at radius 1 is 1.04 bits per heavy atom. The molecule has 0 aliphatic rings. The summed E-state index contributed by atoms with van der Waals surface area (Å²) in [5.41, 5.74) is 1.17. The monoisotopic (exact) mass is 374 g/mol. The Hall–Kier alpha value is -2.62. The van der Waals surface area contributed by atoms with Crippen molar-refractivity contribution in [1.29, 1.82) is 0 Å². The molecule has 1 aromatic carbocycles. The number of rotatable bonds is 9. The van der Waals surface area contributed by atoms with E-state index in [0.29, 0.717) is 6.61 Å². The molecule has 1 rings (SSSR count). The van der Waals surface area contributed by atoms with Gasteiger partial charge in [-0.25, -0.2) is 4.79 Å². The van der Waals surface area contributed by atoms with Crippen molar-refractivity contribution in [2.75, 3.05) is 6.61 Å². The van der Waals surface area contributed by atoms with E-state index in [2.05, 4.69) is 38.3 Å². The van der Waals surface area contributed by atoms with Crippen molar-refractivity contribution in [3.05, 3.63) is 68.0 Å². The minimum atomic E-state index is -0.329. The largest absolute Gasteiger partial charge is 0.463 e. The van der Waals surface area contributed by atoms with Crippen molar-refractivity contribution < 1.29 is 19.1 Å². The van der Waals surface area contributed by atoms with E-state index in [-0.39, 0.29) is 11.9 Å². The van der Waals surface area contributed by atoms with Crippen LogP contribution in [0.1, 0.15) is 52.0 Å². The van der Waals surface area contributed by atoms with Gasteiger partial charge in [-0.15, -0.1) is 0 Å². The van der Waals surface area contributed by atoms with Gasteiger partial charge in [0.15, 0.2) is 0 Å². The molecular weight excluding hydrogens is 340 g/mol. The lowest BCUT2D eigenvalue weighted by atomic mass is 10.1. The SMILES string of the molecule is C=CC(=O)OCCCCCC(C)C.C=COC(C)=O.C=Cc1ccccc1. The minimum absolute atomic E-state index is 0.316. The molecule has 0 saturated heterocycles. The highest BCUT2D eigenvalue weighted by molar-refractivity contribution is 5.81. The summed E-state index contributed by atoms with van der Waals surface area (Å²) in [5, 5.41) is 0. The lowest BCUT2D eigenvalue weighted by Gasteiger charge is -2.04. The first-order valence-corrected chi connectivity index (χ1v) is 9.12. The summed E-state index contributed by atoms with van der Waals surface area (Å²) in [6.45, 7) is 16.4. The average molecular weight is 375 g/mol. The van der Waals surface area contributed by atoms with Crippen LogP contribution < -0.4 is 0 Å². The zero-order valence-corrected chi connectivity index (χ0v) is 17.0. The third-order valence-corrected chi connectivity index (χ3v) is 3.12. The van der Waals surface area contributed by atoms with Gasteiger partial charge >= 0.3 is 11.9 Å². The van der Waals surface area contributed by atoms with Crippen LogP contribution in [0.5, 0.6) is 0 Å². The van der Waals surface area contributed by atoms with Gasteiger partial charge in [0.25, 0.3) is 0 Å². The lowest BCUT2D eigenvalue weighted by Crippen LogP contribution is -2.01. The molecular formula is C23H34O4. The Kier molecular flexibility index (Phi) is 19.4. The van der Waals surface area contributed by atoms with Crippen LogP contribution in [0.15, 0.2) is 62.4 Å². The topological polar surface area (TPSA) is 52.6 Å². The fourth-order valence-corrected chi connectivity index (χ4v) is 1.77. The van der Waals surface area contributed by atoms with Gasteiger partial charge in [-0.1, -0.05) is 89.3 Å². The molecule has 4 nitrogen and oxygen atoms in total. The fourth-order valence-electron chi connectivity index (χ4n) is 1.77. The highest BCUT2D eigenvalue weighted by Crippen LogP contribution is 2.07. The molecule has 0 unspecified atom stereocenters. The van der Waals surface area contributed by atoms with E-state index in [0.717, 1.165) is 25.0 Å². The van der Waals surface area contributed by atoms with E-state index in [1.807, 2.05) is 36.4 Å². The van der Waals surface area contributed by atoms with Crippen LogP contribution in [-0.4, -0.2) is 18.5 Å². The maximum absolute atomic E-state index is 10.6. The molecule has 0 saturated carbocycles. The highest BCUT2D eigenvalue weighted by Gasteiger charge is 1.96. The zero-order valence-electron chi connectivity index (χ0n) is 17.0. The molecule has 0 radical (unpaired) electrons. The van der Waals surface area contributed by atoms with Crippen molar-refractivity contribution >= 4 is 18.0 Å². The van der Waals surface area contributed by atoms with Gasteiger partial charge in [0, 0.05) is 13.0 Å².